The van der Waals surface area contributed by atoms with E-state index in [2.05, 4.69) is 6.58 Å². The van der Waals surface area contributed by atoms with E-state index in [0.29, 0.717) is 0 Å². The number of nitrogens with zero attached hydrogens (tertiary/aromatic N) is 1. The number of hydrogen-bond acceptors (Lipinski definition) is 1. The predicted molar refractivity (Wildman–Crippen MR) is 19.1 cm³/mol. The molecule has 26 valence electrons. The Morgan fingerprint density at radius 2 is 1.57 bits per heavy atom. The van der Waals surface area contributed by atoms with Gasteiger partial charge in [0.15, 0.2) is 0 Å². The third kappa shape index (κ3) is 30.6. The van der Waals surface area contributed by atoms with Crippen LogP contribution in [0.25, 0.3) is 0 Å². The molecule has 7 heavy (non-hydrogen) atoms. The van der Waals surface area contributed by atoms with Gasteiger partial charge in [0.1, 0.15) is 0 Å². The van der Waals surface area contributed by atoms with Crippen LogP contribution in [0.15, 0.2) is 12.7 Å². The van der Waals surface area contributed by atoms with Crippen LogP contribution >= 0.6 is 0 Å². The van der Waals surface area contributed by atoms with Crippen molar-refractivity contribution in [2.45, 2.75) is 0 Å². The Morgan fingerprint density at radius 1 is 1.43 bits per heavy atom. The van der Waals surface area contributed by atoms with Crippen molar-refractivity contribution in [3.8, 4) is 6.07 Å². The molecular weight excluding hydrogens is 119 g/mol. The summed E-state index contributed by atoms with van der Waals surface area (Å²) in [6.45, 7) is 3.12. The molecule has 0 aromatic heterocycles. The molecule has 0 saturated heterocycles. The van der Waals surface area contributed by atoms with Gasteiger partial charge in [0.2, 0.25) is 0 Å². The zero-order valence-corrected chi connectivity index (χ0v) is 11.2. The molecule has 0 rings (SSSR count). The van der Waals surface area contributed by atoms with Crippen LogP contribution in [-0.4, -0.2) is 0 Å². The fraction of sp³-hybridized carbons (Fsp3) is 0. The van der Waals surface area contributed by atoms with Gasteiger partial charge in [-0.05, 0) is 0 Å². The van der Waals surface area contributed by atoms with E-state index in [9.17, 15) is 0 Å². The van der Waals surface area contributed by atoms with Gasteiger partial charge in [-0.2, -0.15) is 5.26 Å². The van der Waals surface area contributed by atoms with E-state index in [4.69, 9.17) is 5.26 Å². The van der Waals surface area contributed by atoms with Gasteiger partial charge in [-0.25, -0.2) is 0 Å². The third-order valence-corrected chi connectivity index (χ3v) is 0.0913. The second-order valence-electron chi connectivity index (χ2n) is 0.333. The molecule has 0 radical (unpaired) electrons. The molecule has 4 heteroatoms. The average Bonchev–Trinajstić information content (AvgIpc) is 1.37. The van der Waals surface area contributed by atoms with E-state index in [1.807, 2.05) is 0 Å². The minimum absolute atomic E-state index is 0. The molecule has 0 aromatic rings. The van der Waals surface area contributed by atoms with Crippen LogP contribution in [0.5, 0.6) is 0 Å². The zero-order chi connectivity index (χ0) is 3.41. The van der Waals surface area contributed by atoms with Crippen LogP contribution in [0, 0.1) is 11.3 Å². The molecule has 0 fully saturated rings. The molecule has 0 aliphatic heterocycles. The SMILES string of the molecule is C=CC#N.[H-].[H-].[H-].[Na+].[Na+].[Na+]. The van der Waals surface area contributed by atoms with Crippen LogP contribution < -0.4 is 88.7 Å². The van der Waals surface area contributed by atoms with Crippen molar-refractivity contribution in [1.82, 2.24) is 0 Å². The first-order valence-electron chi connectivity index (χ1n) is 0.921. The zero-order valence-electron chi connectivity index (χ0n) is 8.23. The molecule has 0 saturated carbocycles. The summed E-state index contributed by atoms with van der Waals surface area (Å²) in [4.78, 5) is 0. The predicted octanol–water partition coefficient (Wildman–Crippen LogP) is -7.95. The second-order valence-corrected chi connectivity index (χ2v) is 0.333. The largest absolute Gasteiger partial charge is 1.00 e. The molecular formula is C3H6NNa3. The first kappa shape index (κ1) is 22.9. The Morgan fingerprint density at radius 3 is 1.57 bits per heavy atom. The minimum atomic E-state index is 0. The van der Waals surface area contributed by atoms with Gasteiger partial charge in [0.05, 0.1) is 6.07 Å². The summed E-state index contributed by atoms with van der Waals surface area (Å²) in [6, 6.07) is 1.69. The summed E-state index contributed by atoms with van der Waals surface area (Å²) in [5, 5.41) is 7.51. The topological polar surface area (TPSA) is 23.8 Å². The van der Waals surface area contributed by atoms with Gasteiger partial charge < -0.3 is 4.28 Å². The number of allylic oxidation sites excluding steroid dienone is 1. The van der Waals surface area contributed by atoms with E-state index in [0.717, 1.165) is 0 Å². The number of hydrogen-bond donors (Lipinski definition) is 0. The minimum Gasteiger partial charge on any atom is -1.00 e. The standard InChI is InChI=1S/C3H3N.3Na.3H/c1-2-3-4;;;;;;/h2H,1H2;;;;;;/q;3*+1;3*-1. The maximum Gasteiger partial charge on any atom is 1.00 e. The number of rotatable bonds is 0. The number of nitriles is 1. The van der Waals surface area contributed by atoms with Gasteiger partial charge in [0, 0.05) is 6.08 Å². The quantitative estimate of drug-likeness (QED) is 0.233. The summed E-state index contributed by atoms with van der Waals surface area (Å²) in [6.07, 6.45) is 1.18. The van der Waals surface area contributed by atoms with E-state index >= 15 is 0 Å². The van der Waals surface area contributed by atoms with E-state index in [1.165, 1.54) is 6.08 Å². The first-order valence-corrected chi connectivity index (χ1v) is 0.921. The maximum absolute atomic E-state index is 7.51. The Kier molecular flexibility index (Phi) is 78.5. The Hall–Kier alpha value is 2.23. The fourth-order valence-electron chi connectivity index (χ4n) is 0. The second kappa shape index (κ2) is 24.0. The van der Waals surface area contributed by atoms with Gasteiger partial charge in [-0.3, -0.25) is 0 Å². The van der Waals surface area contributed by atoms with Crippen LogP contribution in [0.4, 0.5) is 0 Å². The first-order chi connectivity index (χ1) is 1.91. The van der Waals surface area contributed by atoms with Gasteiger partial charge in [-0.1, -0.05) is 6.58 Å². The Bertz CT molecular complexity index is 64.5. The van der Waals surface area contributed by atoms with Crippen molar-refractivity contribution in [2.75, 3.05) is 0 Å². The molecule has 0 N–H and O–H groups in total. The van der Waals surface area contributed by atoms with Gasteiger partial charge in [-0.15, -0.1) is 0 Å². The van der Waals surface area contributed by atoms with Crippen molar-refractivity contribution < 1.29 is 93.0 Å². The van der Waals surface area contributed by atoms with E-state index in [-0.39, 0.29) is 93.0 Å². The molecule has 0 heterocycles. The van der Waals surface area contributed by atoms with E-state index < -0.39 is 0 Å². The molecule has 0 unspecified atom stereocenters. The van der Waals surface area contributed by atoms with Crippen LogP contribution in [0.2, 0.25) is 0 Å². The molecule has 0 amide bonds. The van der Waals surface area contributed by atoms with Gasteiger partial charge in [0.25, 0.3) is 0 Å². The molecule has 0 atom stereocenters. The average molecular weight is 125 g/mol. The Balaban J connectivity index is -0.00000000300. The summed E-state index contributed by atoms with van der Waals surface area (Å²) in [7, 11) is 0. The summed E-state index contributed by atoms with van der Waals surface area (Å²) >= 11 is 0. The molecule has 0 aromatic carbocycles. The summed E-state index contributed by atoms with van der Waals surface area (Å²) in [5.41, 5.74) is 0. The Labute approximate surface area is 115 Å². The van der Waals surface area contributed by atoms with Crippen molar-refractivity contribution in [2.24, 2.45) is 0 Å². The van der Waals surface area contributed by atoms with Crippen molar-refractivity contribution in [3.05, 3.63) is 12.7 Å². The van der Waals surface area contributed by atoms with Crippen LogP contribution in [0.1, 0.15) is 4.28 Å². The molecule has 1 nitrogen and oxygen atoms in total. The molecule has 0 aliphatic carbocycles. The monoisotopic (exact) mass is 125 g/mol. The van der Waals surface area contributed by atoms with Crippen molar-refractivity contribution in [3.63, 3.8) is 0 Å². The maximum atomic E-state index is 7.51. The fourth-order valence-corrected chi connectivity index (χ4v) is 0. The third-order valence-electron chi connectivity index (χ3n) is 0.0913. The molecule has 0 bridgehead atoms. The normalized spacial score (nSPS) is 2.14. The smallest absolute Gasteiger partial charge is 1.00 e. The van der Waals surface area contributed by atoms with Crippen LogP contribution in [-0.2, 0) is 0 Å². The molecule has 0 aliphatic rings. The van der Waals surface area contributed by atoms with Crippen molar-refractivity contribution in [1.29, 1.82) is 5.26 Å². The van der Waals surface area contributed by atoms with Gasteiger partial charge >= 0.3 is 88.7 Å². The summed E-state index contributed by atoms with van der Waals surface area (Å²) in [5.74, 6) is 0. The van der Waals surface area contributed by atoms with Crippen LogP contribution in [0.3, 0.4) is 0 Å². The van der Waals surface area contributed by atoms with Crippen molar-refractivity contribution >= 4 is 0 Å². The van der Waals surface area contributed by atoms with E-state index in [1.54, 1.807) is 6.07 Å². The molecule has 0 spiro atoms. The summed E-state index contributed by atoms with van der Waals surface area (Å²) < 4.78 is 0.